The molecule has 0 aliphatic carbocycles. The summed E-state index contributed by atoms with van der Waals surface area (Å²) in [7, 11) is 0. The van der Waals surface area contributed by atoms with Crippen LogP contribution in [0.5, 0.6) is 0 Å². The van der Waals surface area contributed by atoms with Crippen LogP contribution in [0.25, 0.3) is 0 Å². The van der Waals surface area contributed by atoms with E-state index in [0.29, 0.717) is 11.6 Å². The number of aryl methyl sites for hydroxylation is 1. The van der Waals surface area contributed by atoms with Crippen molar-refractivity contribution in [2.75, 3.05) is 11.9 Å². The number of nitrogens with one attached hydrogen (secondary N) is 2. The minimum atomic E-state index is -0.280. The number of carbonyl (C=O) groups excluding carboxylic acids is 1. The molecule has 1 fully saturated rings. The van der Waals surface area contributed by atoms with Gasteiger partial charge in [-0.25, -0.2) is 4.39 Å². The molecule has 0 bridgehead atoms. The van der Waals surface area contributed by atoms with Crippen LogP contribution in [-0.2, 0) is 4.79 Å². The molecule has 4 heteroatoms. The van der Waals surface area contributed by atoms with E-state index in [2.05, 4.69) is 17.6 Å². The third kappa shape index (κ3) is 3.53. The highest BCUT2D eigenvalue weighted by molar-refractivity contribution is 5.95. The molecule has 2 N–H and O–H groups in total. The fourth-order valence-electron chi connectivity index (χ4n) is 2.55. The van der Waals surface area contributed by atoms with Gasteiger partial charge in [-0.3, -0.25) is 4.79 Å². The number of hydrogen-bond acceptors (Lipinski definition) is 2. The lowest BCUT2D eigenvalue weighted by Crippen LogP contribution is -2.46. The summed E-state index contributed by atoms with van der Waals surface area (Å²) in [4.78, 5) is 12.2. The third-order valence-corrected chi connectivity index (χ3v) is 3.85. The number of rotatable bonds is 3. The molecule has 1 aromatic rings. The Morgan fingerprint density at radius 2 is 2.32 bits per heavy atom. The van der Waals surface area contributed by atoms with Gasteiger partial charge < -0.3 is 10.6 Å². The van der Waals surface area contributed by atoms with Gasteiger partial charge in [0.05, 0.1) is 6.04 Å². The summed E-state index contributed by atoms with van der Waals surface area (Å²) in [6.07, 6.45) is 3.12. The van der Waals surface area contributed by atoms with Gasteiger partial charge in [-0.1, -0.05) is 13.3 Å². The number of halogens is 1. The summed E-state index contributed by atoms with van der Waals surface area (Å²) in [5, 5.41) is 6.13. The van der Waals surface area contributed by atoms with Crippen LogP contribution in [0.15, 0.2) is 18.2 Å². The van der Waals surface area contributed by atoms with Gasteiger partial charge in [-0.2, -0.15) is 0 Å². The van der Waals surface area contributed by atoms with E-state index in [1.165, 1.54) is 12.1 Å². The van der Waals surface area contributed by atoms with Gasteiger partial charge in [-0.15, -0.1) is 0 Å². The van der Waals surface area contributed by atoms with Gasteiger partial charge >= 0.3 is 0 Å². The summed E-state index contributed by atoms with van der Waals surface area (Å²) in [5.41, 5.74) is 1.43. The van der Waals surface area contributed by atoms with Gasteiger partial charge in [0.15, 0.2) is 0 Å². The number of piperidine rings is 1. The van der Waals surface area contributed by atoms with Crippen LogP contribution < -0.4 is 10.6 Å². The van der Waals surface area contributed by atoms with E-state index in [1.807, 2.05) is 0 Å². The lowest BCUT2D eigenvalue weighted by molar-refractivity contribution is -0.119. The fraction of sp³-hybridized carbons (Fsp3) is 0.533. The van der Waals surface area contributed by atoms with Gasteiger partial charge in [-0.05, 0) is 56.0 Å². The van der Waals surface area contributed by atoms with Crippen molar-refractivity contribution in [1.29, 1.82) is 0 Å². The maximum Gasteiger partial charge on any atom is 0.241 e. The minimum Gasteiger partial charge on any atom is -0.324 e. The quantitative estimate of drug-likeness (QED) is 0.881. The Balaban J connectivity index is 2.00. The summed E-state index contributed by atoms with van der Waals surface area (Å²) < 4.78 is 13.0. The van der Waals surface area contributed by atoms with Crippen molar-refractivity contribution in [2.24, 2.45) is 5.92 Å². The largest absolute Gasteiger partial charge is 0.324 e. The molecule has 1 heterocycles. The molecule has 1 aliphatic heterocycles. The Labute approximate surface area is 113 Å². The molecule has 1 aliphatic rings. The minimum absolute atomic E-state index is 0.0205. The fourth-order valence-corrected chi connectivity index (χ4v) is 2.55. The lowest BCUT2D eigenvalue weighted by Gasteiger charge is -2.29. The van der Waals surface area contributed by atoms with E-state index in [0.717, 1.165) is 31.4 Å². The lowest BCUT2D eigenvalue weighted by atomic mass is 9.90. The molecule has 1 aromatic carbocycles. The van der Waals surface area contributed by atoms with Crippen molar-refractivity contribution in [3.8, 4) is 0 Å². The first-order valence-corrected chi connectivity index (χ1v) is 6.90. The van der Waals surface area contributed by atoms with Crippen molar-refractivity contribution >= 4 is 11.6 Å². The van der Waals surface area contributed by atoms with Crippen LogP contribution in [0, 0.1) is 18.7 Å². The zero-order valence-electron chi connectivity index (χ0n) is 11.5. The average Bonchev–Trinajstić information content (AvgIpc) is 2.42. The van der Waals surface area contributed by atoms with E-state index in [-0.39, 0.29) is 17.8 Å². The highest BCUT2D eigenvalue weighted by Gasteiger charge is 2.26. The molecule has 0 saturated carbocycles. The highest BCUT2D eigenvalue weighted by atomic mass is 19.1. The van der Waals surface area contributed by atoms with Crippen LogP contribution in [0.4, 0.5) is 10.1 Å². The van der Waals surface area contributed by atoms with E-state index < -0.39 is 0 Å². The molecule has 0 aromatic heterocycles. The molecular formula is C15H21FN2O. The van der Waals surface area contributed by atoms with Crippen LogP contribution in [0.2, 0.25) is 0 Å². The molecule has 19 heavy (non-hydrogen) atoms. The smallest absolute Gasteiger partial charge is 0.241 e. The predicted octanol–water partition coefficient (Wildman–Crippen LogP) is 2.85. The second-order valence-electron chi connectivity index (χ2n) is 5.25. The average molecular weight is 264 g/mol. The van der Waals surface area contributed by atoms with Crippen molar-refractivity contribution in [3.05, 3.63) is 29.6 Å². The van der Waals surface area contributed by atoms with E-state index in [9.17, 15) is 9.18 Å². The van der Waals surface area contributed by atoms with E-state index in [1.54, 1.807) is 13.0 Å². The van der Waals surface area contributed by atoms with Crippen LogP contribution in [-0.4, -0.2) is 18.5 Å². The normalized spacial score (nSPS) is 23.1. The molecular weight excluding hydrogens is 243 g/mol. The van der Waals surface area contributed by atoms with Crippen LogP contribution >= 0.6 is 0 Å². The first-order valence-electron chi connectivity index (χ1n) is 6.90. The Hall–Kier alpha value is -1.42. The van der Waals surface area contributed by atoms with Gasteiger partial charge in [0, 0.05) is 5.69 Å². The maximum absolute atomic E-state index is 13.0. The van der Waals surface area contributed by atoms with Gasteiger partial charge in [0.25, 0.3) is 0 Å². The summed E-state index contributed by atoms with van der Waals surface area (Å²) in [6, 6.07) is 4.27. The zero-order valence-corrected chi connectivity index (χ0v) is 11.5. The standard InChI is InChI=1S/C15H21FN2O/c1-3-11-6-7-17-14(9-11)15(19)18-13-5-4-12(16)8-10(13)2/h4-5,8,11,14,17H,3,6-7,9H2,1-2H3,(H,18,19). The number of amides is 1. The van der Waals surface area contributed by atoms with Crippen molar-refractivity contribution in [2.45, 2.75) is 39.2 Å². The number of benzene rings is 1. The van der Waals surface area contributed by atoms with Gasteiger partial charge in [0.1, 0.15) is 5.82 Å². The van der Waals surface area contributed by atoms with Crippen LogP contribution in [0.3, 0.4) is 0 Å². The Kier molecular flexibility index (Phi) is 4.53. The molecule has 0 radical (unpaired) electrons. The summed E-state index contributed by atoms with van der Waals surface area (Å²) in [5.74, 6) is 0.316. The van der Waals surface area contributed by atoms with Crippen molar-refractivity contribution in [1.82, 2.24) is 5.32 Å². The maximum atomic E-state index is 13.0. The summed E-state index contributed by atoms with van der Waals surface area (Å²) in [6.45, 7) is 4.84. The first kappa shape index (κ1) is 14.0. The zero-order chi connectivity index (χ0) is 13.8. The van der Waals surface area contributed by atoms with Crippen LogP contribution in [0.1, 0.15) is 31.7 Å². The first-order chi connectivity index (χ1) is 9.10. The van der Waals surface area contributed by atoms with Crippen molar-refractivity contribution in [3.63, 3.8) is 0 Å². The Morgan fingerprint density at radius 1 is 1.53 bits per heavy atom. The second kappa shape index (κ2) is 6.15. The predicted molar refractivity (Wildman–Crippen MR) is 74.6 cm³/mol. The molecule has 3 nitrogen and oxygen atoms in total. The molecule has 104 valence electrons. The molecule has 1 amide bonds. The Bertz CT molecular complexity index is 461. The van der Waals surface area contributed by atoms with Crippen molar-refractivity contribution < 1.29 is 9.18 Å². The third-order valence-electron chi connectivity index (χ3n) is 3.85. The SMILES string of the molecule is CCC1CCNC(C(=O)Nc2ccc(F)cc2C)C1. The number of hydrogen-bond donors (Lipinski definition) is 2. The highest BCUT2D eigenvalue weighted by Crippen LogP contribution is 2.21. The molecule has 2 atom stereocenters. The molecule has 1 saturated heterocycles. The van der Waals surface area contributed by atoms with E-state index >= 15 is 0 Å². The summed E-state index contributed by atoms with van der Waals surface area (Å²) >= 11 is 0. The number of anilines is 1. The molecule has 2 rings (SSSR count). The topological polar surface area (TPSA) is 41.1 Å². The van der Waals surface area contributed by atoms with Gasteiger partial charge in [0.2, 0.25) is 5.91 Å². The monoisotopic (exact) mass is 264 g/mol. The second-order valence-corrected chi connectivity index (χ2v) is 5.25. The Morgan fingerprint density at radius 3 is 3.00 bits per heavy atom. The number of carbonyl (C=O) groups is 1. The van der Waals surface area contributed by atoms with E-state index in [4.69, 9.17) is 0 Å². The molecule has 0 spiro atoms. The molecule has 2 unspecified atom stereocenters.